The van der Waals surface area contributed by atoms with Gasteiger partial charge in [0.15, 0.2) is 5.58 Å². The van der Waals surface area contributed by atoms with Crippen molar-refractivity contribution in [2.45, 2.75) is 32.4 Å². The molecule has 0 spiro atoms. The van der Waals surface area contributed by atoms with Crippen LogP contribution in [0.1, 0.15) is 20.8 Å². The van der Waals surface area contributed by atoms with Gasteiger partial charge in [-0.15, -0.1) is 0 Å². The van der Waals surface area contributed by atoms with Crippen LogP contribution in [-0.4, -0.2) is 35.1 Å². The fraction of sp³-hybridized carbons (Fsp3) is 0.350. The molecule has 2 N–H and O–H groups in total. The highest BCUT2D eigenvalue weighted by molar-refractivity contribution is 5.96. The van der Waals surface area contributed by atoms with Crippen LogP contribution in [0.3, 0.4) is 0 Å². The van der Waals surface area contributed by atoms with Crippen molar-refractivity contribution in [3.63, 3.8) is 0 Å². The highest BCUT2D eigenvalue weighted by atomic mass is 16.5. The summed E-state index contributed by atoms with van der Waals surface area (Å²) in [4.78, 5) is 0. The Bertz CT molecular complexity index is 822. The molecule has 0 bridgehead atoms. The van der Waals surface area contributed by atoms with Gasteiger partial charge in [0.05, 0.1) is 5.39 Å². The van der Waals surface area contributed by atoms with Crippen molar-refractivity contribution in [1.29, 1.82) is 0 Å². The van der Waals surface area contributed by atoms with Crippen LogP contribution in [-0.2, 0) is 0 Å². The Labute approximate surface area is 147 Å². The number of ether oxygens (including phenoxy) is 1. The maximum Gasteiger partial charge on any atom is 0.171 e. The van der Waals surface area contributed by atoms with Crippen molar-refractivity contribution >= 4 is 11.0 Å². The number of rotatable bonds is 6. The molecule has 25 heavy (non-hydrogen) atoms. The summed E-state index contributed by atoms with van der Waals surface area (Å²) in [6, 6.07) is 15.4. The van der Waals surface area contributed by atoms with Crippen LogP contribution < -0.4 is 10.1 Å². The SMILES string of the molecule is CC(C)(C)NCC(O)COc1cccc2onc(-c3ccccc3)c12. The zero-order chi connectivity index (χ0) is 17.9. The molecule has 3 aromatic rings. The van der Waals surface area contributed by atoms with Crippen LogP contribution in [0.5, 0.6) is 5.75 Å². The summed E-state index contributed by atoms with van der Waals surface area (Å²) in [5, 5.41) is 18.4. The zero-order valence-electron chi connectivity index (χ0n) is 14.8. The Balaban J connectivity index is 1.79. The lowest BCUT2D eigenvalue weighted by molar-refractivity contribution is 0.101. The fourth-order valence-corrected chi connectivity index (χ4v) is 2.54. The molecule has 0 amide bonds. The molecule has 1 atom stereocenters. The van der Waals surface area contributed by atoms with E-state index in [-0.39, 0.29) is 12.1 Å². The summed E-state index contributed by atoms with van der Waals surface area (Å²) in [5.74, 6) is 0.660. The van der Waals surface area contributed by atoms with E-state index in [9.17, 15) is 5.11 Å². The quantitative estimate of drug-likeness (QED) is 0.717. The number of hydrogen-bond acceptors (Lipinski definition) is 5. The minimum atomic E-state index is -0.602. The molecule has 0 saturated carbocycles. The van der Waals surface area contributed by atoms with Gasteiger partial charge >= 0.3 is 0 Å². The highest BCUT2D eigenvalue weighted by Crippen LogP contribution is 2.34. The Morgan fingerprint density at radius 2 is 1.88 bits per heavy atom. The molecule has 3 rings (SSSR count). The topological polar surface area (TPSA) is 67.5 Å². The molecule has 5 nitrogen and oxygen atoms in total. The summed E-state index contributed by atoms with van der Waals surface area (Å²) in [6.07, 6.45) is -0.602. The van der Waals surface area contributed by atoms with Gasteiger partial charge < -0.3 is 19.7 Å². The molecule has 1 heterocycles. The third-order valence-electron chi connectivity index (χ3n) is 3.81. The lowest BCUT2D eigenvalue weighted by Crippen LogP contribution is -2.42. The molecule has 0 aliphatic heterocycles. The third kappa shape index (κ3) is 4.38. The van der Waals surface area contributed by atoms with Gasteiger partial charge in [0.1, 0.15) is 24.2 Å². The number of hydrogen-bond donors (Lipinski definition) is 2. The number of aliphatic hydroxyl groups is 1. The van der Waals surface area contributed by atoms with Crippen LogP contribution in [0.15, 0.2) is 53.1 Å². The lowest BCUT2D eigenvalue weighted by atomic mass is 10.1. The molecule has 0 saturated heterocycles. The minimum Gasteiger partial charge on any atom is -0.490 e. The Morgan fingerprint density at radius 1 is 1.12 bits per heavy atom. The van der Waals surface area contributed by atoms with Crippen molar-refractivity contribution in [2.75, 3.05) is 13.2 Å². The molecule has 2 aromatic carbocycles. The number of β-amino-alcohol motifs (C(OH)–C–C–N with tert-alkyl or cyclic N) is 1. The average molecular weight is 340 g/mol. The number of benzene rings is 2. The molecule has 0 radical (unpaired) electrons. The van der Waals surface area contributed by atoms with Gasteiger partial charge in [0, 0.05) is 17.6 Å². The van der Waals surface area contributed by atoms with Crippen LogP contribution in [0, 0.1) is 0 Å². The van der Waals surface area contributed by atoms with E-state index in [2.05, 4.69) is 31.2 Å². The average Bonchev–Trinajstić information content (AvgIpc) is 3.03. The molecular formula is C20H24N2O3. The summed E-state index contributed by atoms with van der Waals surface area (Å²) in [5.41, 5.74) is 2.33. The van der Waals surface area contributed by atoms with E-state index >= 15 is 0 Å². The maximum absolute atomic E-state index is 10.2. The standard InChI is InChI=1S/C20H24N2O3/c1-20(2,3)21-12-15(23)13-24-16-10-7-11-17-18(16)19(22-25-17)14-8-5-4-6-9-14/h4-11,15,21,23H,12-13H2,1-3H3. The van der Waals surface area contributed by atoms with Crippen LogP contribution >= 0.6 is 0 Å². The van der Waals surface area contributed by atoms with Crippen molar-refractivity contribution in [3.8, 4) is 17.0 Å². The van der Waals surface area contributed by atoms with Gasteiger partial charge in [0.2, 0.25) is 0 Å². The van der Waals surface area contributed by atoms with Gasteiger partial charge in [-0.3, -0.25) is 0 Å². The smallest absolute Gasteiger partial charge is 0.171 e. The van der Waals surface area contributed by atoms with E-state index in [0.29, 0.717) is 17.9 Å². The number of fused-ring (bicyclic) bond motifs is 1. The van der Waals surface area contributed by atoms with E-state index in [1.54, 1.807) is 0 Å². The van der Waals surface area contributed by atoms with Gasteiger partial charge in [-0.1, -0.05) is 41.6 Å². The minimum absolute atomic E-state index is 0.0457. The van der Waals surface area contributed by atoms with Gasteiger partial charge in [-0.05, 0) is 32.9 Å². The zero-order valence-corrected chi connectivity index (χ0v) is 14.8. The molecular weight excluding hydrogens is 316 g/mol. The predicted molar refractivity (Wildman–Crippen MR) is 98.7 cm³/mol. The van der Waals surface area contributed by atoms with Crippen LogP contribution in [0.4, 0.5) is 0 Å². The predicted octanol–water partition coefficient (Wildman–Crippen LogP) is 3.62. The summed E-state index contributed by atoms with van der Waals surface area (Å²) >= 11 is 0. The fourth-order valence-electron chi connectivity index (χ4n) is 2.54. The van der Waals surface area contributed by atoms with E-state index in [4.69, 9.17) is 9.26 Å². The molecule has 0 aliphatic rings. The molecule has 0 aliphatic carbocycles. The summed E-state index contributed by atoms with van der Waals surface area (Å²) in [6.45, 7) is 6.84. The maximum atomic E-state index is 10.2. The molecule has 1 aromatic heterocycles. The first-order chi connectivity index (χ1) is 11.9. The molecule has 0 fully saturated rings. The second kappa shape index (κ2) is 7.25. The van der Waals surface area contributed by atoms with Crippen LogP contribution in [0.25, 0.3) is 22.2 Å². The molecule has 132 valence electrons. The Morgan fingerprint density at radius 3 is 2.60 bits per heavy atom. The third-order valence-corrected chi connectivity index (χ3v) is 3.81. The van der Waals surface area contributed by atoms with Crippen molar-refractivity contribution in [3.05, 3.63) is 48.5 Å². The second-order valence-corrected chi connectivity index (χ2v) is 7.12. The van der Waals surface area contributed by atoms with Crippen molar-refractivity contribution in [2.24, 2.45) is 0 Å². The van der Waals surface area contributed by atoms with Crippen LogP contribution in [0.2, 0.25) is 0 Å². The molecule has 5 heteroatoms. The normalized spacial score (nSPS) is 13.1. The largest absolute Gasteiger partial charge is 0.490 e. The summed E-state index contributed by atoms with van der Waals surface area (Å²) in [7, 11) is 0. The first-order valence-electron chi connectivity index (χ1n) is 8.44. The van der Waals surface area contributed by atoms with E-state index in [1.807, 2.05) is 48.5 Å². The van der Waals surface area contributed by atoms with E-state index in [1.165, 1.54) is 0 Å². The highest BCUT2D eigenvalue weighted by Gasteiger charge is 2.17. The Hall–Kier alpha value is -2.37. The Kier molecular flexibility index (Phi) is 5.06. The van der Waals surface area contributed by atoms with E-state index < -0.39 is 6.10 Å². The van der Waals surface area contributed by atoms with Gasteiger partial charge in [-0.25, -0.2) is 0 Å². The van der Waals surface area contributed by atoms with Gasteiger partial charge in [0.25, 0.3) is 0 Å². The number of nitrogens with one attached hydrogen (secondary N) is 1. The first-order valence-corrected chi connectivity index (χ1v) is 8.44. The number of aromatic nitrogens is 1. The monoisotopic (exact) mass is 340 g/mol. The van der Waals surface area contributed by atoms with Gasteiger partial charge in [-0.2, -0.15) is 0 Å². The number of nitrogens with zero attached hydrogens (tertiary/aromatic N) is 1. The van der Waals surface area contributed by atoms with E-state index in [0.717, 1.165) is 16.6 Å². The molecule has 1 unspecified atom stereocenters. The lowest BCUT2D eigenvalue weighted by Gasteiger charge is -2.23. The second-order valence-electron chi connectivity index (χ2n) is 7.12. The number of aliphatic hydroxyl groups excluding tert-OH is 1. The summed E-state index contributed by atoms with van der Waals surface area (Å²) < 4.78 is 11.3. The van der Waals surface area contributed by atoms with Crippen molar-refractivity contribution < 1.29 is 14.4 Å². The van der Waals surface area contributed by atoms with Crippen molar-refractivity contribution in [1.82, 2.24) is 10.5 Å². The first kappa shape index (κ1) is 17.5.